The molecule has 15 heavy (non-hydrogen) atoms. The summed E-state index contributed by atoms with van der Waals surface area (Å²) in [4.78, 5) is 0. The zero-order valence-corrected chi connectivity index (χ0v) is 9.45. The highest BCUT2D eigenvalue weighted by atomic mass is 16.5. The molecule has 2 rings (SSSR count). The van der Waals surface area contributed by atoms with Crippen LogP contribution >= 0.6 is 0 Å². The second-order valence-corrected chi connectivity index (χ2v) is 4.92. The number of rotatable bonds is 3. The molecule has 1 aliphatic carbocycles. The smallest absolute Gasteiger partial charge is 0.0693 e. The largest absolute Gasteiger partial charge is 0.392 e. The van der Waals surface area contributed by atoms with Crippen LogP contribution < -0.4 is 5.32 Å². The third-order valence-electron chi connectivity index (χ3n) is 3.74. The van der Waals surface area contributed by atoms with Crippen LogP contribution in [0.2, 0.25) is 0 Å². The molecule has 1 aliphatic heterocycles. The van der Waals surface area contributed by atoms with Gasteiger partial charge in [-0.25, -0.2) is 0 Å². The van der Waals surface area contributed by atoms with Crippen molar-refractivity contribution in [2.24, 2.45) is 5.92 Å². The van der Waals surface area contributed by atoms with E-state index in [1.165, 1.54) is 25.7 Å². The predicted octanol–water partition coefficient (Wildman–Crippen LogP) is 1.31. The van der Waals surface area contributed by atoms with E-state index in [4.69, 9.17) is 4.74 Å². The Morgan fingerprint density at radius 1 is 1.07 bits per heavy atom. The molecule has 88 valence electrons. The maximum Gasteiger partial charge on any atom is 0.0693 e. The Kier molecular flexibility index (Phi) is 4.42. The van der Waals surface area contributed by atoms with E-state index in [1.54, 1.807) is 0 Å². The molecule has 0 aromatic heterocycles. The minimum absolute atomic E-state index is 0.112. The lowest BCUT2D eigenvalue weighted by atomic mass is 9.91. The zero-order valence-electron chi connectivity index (χ0n) is 9.45. The van der Waals surface area contributed by atoms with Crippen molar-refractivity contribution in [3.63, 3.8) is 0 Å². The maximum absolute atomic E-state index is 9.81. The monoisotopic (exact) mass is 213 g/mol. The van der Waals surface area contributed by atoms with Crippen LogP contribution in [0.15, 0.2) is 0 Å². The van der Waals surface area contributed by atoms with E-state index in [-0.39, 0.29) is 6.10 Å². The normalized spacial score (nSPS) is 34.2. The van der Waals surface area contributed by atoms with Gasteiger partial charge in [-0.3, -0.25) is 0 Å². The third-order valence-corrected chi connectivity index (χ3v) is 3.74. The van der Waals surface area contributed by atoms with Gasteiger partial charge in [-0.05, 0) is 38.1 Å². The molecule has 2 N–H and O–H groups in total. The second-order valence-electron chi connectivity index (χ2n) is 4.92. The molecule has 0 unspecified atom stereocenters. The number of nitrogens with one attached hydrogen (secondary N) is 1. The van der Waals surface area contributed by atoms with Gasteiger partial charge in [-0.1, -0.05) is 12.8 Å². The Morgan fingerprint density at radius 2 is 1.80 bits per heavy atom. The number of hydrogen-bond acceptors (Lipinski definition) is 3. The molecule has 1 heterocycles. The first-order valence-corrected chi connectivity index (χ1v) is 6.35. The van der Waals surface area contributed by atoms with Crippen molar-refractivity contribution in [3.8, 4) is 0 Å². The van der Waals surface area contributed by atoms with Gasteiger partial charge in [0.15, 0.2) is 0 Å². The van der Waals surface area contributed by atoms with Gasteiger partial charge in [-0.2, -0.15) is 0 Å². The molecule has 0 amide bonds. The van der Waals surface area contributed by atoms with Crippen molar-refractivity contribution in [1.29, 1.82) is 0 Å². The molecule has 3 heteroatoms. The maximum atomic E-state index is 9.81. The van der Waals surface area contributed by atoms with Gasteiger partial charge in [0, 0.05) is 19.3 Å². The Labute approximate surface area is 92.2 Å². The van der Waals surface area contributed by atoms with Crippen LogP contribution in [-0.2, 0) is 4.74 Å². The molecule has 3 nitrogen and oxygen atoms in total. The Hall–Kier alpha value is -0.120. The summed E-state index contributed by atoms with van der Waals surface area (Å²) in [5.41, 5.74) is 0. The highest BCUT2D eigenvalue weighted by molar-refractivity contribution is 4.81. The summed E-state index contributed by atoms with van der Waals surface area (Å²) in [5, 5.41) is 13.3. The van der Waals surface area contributed by atoms with Crippen molar-refractivity contribution >= 4 is 0 Å². The number of aliphatic hydroxyl groups is 1. The van der Waals surface area contributed by atoms with Gasteiger partial charge in [0.25, 0.3) is 0 Å². The molecule has 2 atom stereocenters. The lowest BCUT2D eigenvalue weighted by Gasteiger charge is -2.31. The van der Waals surface area contributed by atoms with Crippen molar-refractivity contribution < 1.29 is 9.84 Å². The van der Waals surface area contributed by atoms with Crippen LogP contribution in [-0.4, -0.2) is 37.0 Å². The average molecular weight is 213 g/mol. The van der Waals surface area contributed by atoms with E-state index in [1.807, 2.05) is 0 Å². The van der Waals surface area contributed by atoms with E-state index < -0.39 is 0 Å². The standard InChI is InChI=1S/C12H23NO2/c14-12-4-2-1-3-11(12)13-9-10-5-7-15-8-6-10/h10-14H,1-9H2/t11-,12+/m0/s1. The Bertz CT molecular complexity index is 180. The Morgan fingerprint density at radius 3 is 2.53 bits per heavy atom. The number of ether oxygens (including phenoxy) is 1. The molecule has 1 saturated heterocycles. The van der Waals surface area contributed by atoms with Crippen LogP contribution in [0.1, 0.15) is 38.5 Å². The van der Waals surface area contributed by atoms with Crippen LogP contribution in [0.3, 0.4) is 0 Å². The molecular formula is C12H23NO2. The van der Waals surface area contributed by atoms with Crippen LogP contribution in [0.5, 0.6) is 0 Å². The second kappa shape index (κ2) is 5.83. The van der Waals surface area contributed by atoms with E-state index in [0.717, 1.165) is 38.5 Å². The summed E-state index contributed by atoms with van der Waals surface area (Å²) in [6, 6.07) is 0.349. The molecule has 0 bridgehead atoms. The lowest BCUT2D eigenvalue weighted by molar-refractivity contribution is 0.0561. The van der Waals surface area contributed by atoms with Gasteiger partial charge >= 0.3 is 0 Å². The highest BCUT2D eigenvalue weighted by Gasteiger charge is 2.23. The lowest BCUT2D eigenvalue weighted by Crippen LogP contribution is -2.44. The van der Waals surface area contributed by atoms with Crippen molar-refractivity contribution in [1.82, 2.24) is 5.32 Å². The number of aliphatic hydroxyl groups excluding tert-OH is 1. The summed E-state index contributed by atoms with van der Waals surface area (Å²) in [6.07, 6.45) is 6.82. The van der Waals surface area contributed by atoms with Gasteiger partial charge in [0.2, 0.25) is 0 Å². The van der Waals surface area contributed by atoms with Crippen LogP contribution in [0, 0.1) is 5.92 Å². The van der Waals surface area contributed by atoms with E-state index in [0.29, 0.717) is 6.04 Å². The summed E-state index contributed by atoms with van der Waals surface area (Å²) in [5.74, 6) is 0.757. The zero-order chi connectivity index (χ0) is 10.5. The SMILES string of the molecule is O[C@@H]1CCCC[C@@H]1NCC1CCOCC1. The first-order chi connectivity index (χ1) is 7.36. The van der Waals surface area contributed by atoms with Gasteiger partial charge in [-0.15, -0.1) is 0 Å². The summed E-state index contributed by atoms with van der Waals surface area (Å²) < 4.78 is 5.34. The van der Waals surface area contributed by atoms with Gasteiger partial charge in [0.05, 0.1) is 6.10 Å². The third kappa shape index (κ3) is 3.44. The van der Waals surface area contributed by atoms with Crippen molar-refractivity contribution in [2.45, 2.75) is 50.7 Å². The van der Waals surface area contributed by atoms with E-state index in [9.17, 15) is 5.11 Å². The first-order valence-electron chi connectivity index (χ1n) is 6.35. The summed E-state index contributed by atoms with van der Waals surface area (Å²) in [7, 11) is 0. The predicted molar refractivity (Wildman–Crippen MR) is 59.8 cm³/mol. The Balaban J connectivity index is 1.67. The quantitative estimate of drug-likeness (QED) is 0.742. The fourth-order valence-electron chi connectivity index (χ4n) is 2.62. The average Bonchev–Trinajstić information content (AvgIpc) is 2.29. The molecule has 0 spiro atoms. The fraction of sp³-hybridized carbons (Fsp3) is 1.00. The first kappa shape index (κ1) is 11.4. The molecular weight excluding hydrogens is 190 g/mol. The minimum Gasteiger partial charge on any atom is -0.392 e. The highest BCUT2D eigenvalue weighted by Crippen LogP contribution is 2.20. The molecule has 1 saturated carbocycles. The summed E-state index contributed by atoms with van der Waals surface area (Å²) >= 11 is 0. The molecule has 2 fully saturated rings. The number of hydrogen-bond donors (Lipinski definition) is 2. The minimum atomic E-state index is -0.112. The topological polar surface area (TPSA) is 41.5 Å². The fourth-order valence-corrected chi connectivity index (χ4v) is 2.62. The van der Waals surface area contributed by atoms with Gasteiger partial charge < -0.3 is 15.2 Å². The van der Waals surface area contributed by atoms with Gasteiger partial charge in [0.1, 0.15) is 0 Å². The van der Waals surface area contributed by atoms with E-state index in [2.05, 4.69) is 5.32 Å². The molecule has 2 aliphatic rings. The van der Waals surface area contributed by atoms with Crippen molar-refractivity contribution in [3.05, 3.63) is 0 Å². The molecule has 0 aromatic carbocycles. The van der Waals surface area contributed by atoms with Crippen LogP contribution in [0.25, 0.3) is 0 Å². The van der Waals surface area contributed by atoms with Crippen LogP contribution in [0.4, 0.5) is 0 Å². The molecule has 0 aromatic rings. The molecule has 0 radical (unpaired) electrons. The van der Waals surface area contributed by atoms with E-state index >= 15 is 0 Å². The van der Waals surface area contributed by atoms with Crippen molar-refractivity contribution in [2.75, 3.05) is 19.8 Å². The summed E-state index contributed by atoms with van der Waals surface area (Å²) in [6.45, 7) is 2.89.